The van der Waals surface area contributed by atoms with Crippen LogP contribution < -0.4 is 10.1 Å². The number of rotatable bonds is 6. The van der Waals surface area contributed by atoms with Gasteiger partial charge in [-0.1, -0.05) is 44.2 Å². The number of nitrogens with zero attached hydrogens (tertiary/aromatic N) is 2. The third-order valence-corrected chi connectivity index (χ3v) is 6.16. The summed E-state index contributed by atoms with van der Waals surface area (Å²) in [6, 6.07) is 14.3. The van der Waals surface area contributed by atoms with Gasteiger partial charge in [-0.05, 0) is 29.9 Å². The van der Waals surface area contributed by atoms with Crippen molar-refractivity contribution in [2.75, 3.05) is 0 Å². The van der Waals surface area contributed by atoms with Gasteiger partial charge in [0.2, 0.25) is 6.54 Å². The van der Waals surface area contributed by atoms with E-state index in [9.17, 15) is 4.79 Å². The van der Waals surface area contributed by atoms with Crippen molar-refractivity contribution >= 4 is 21.6 Å². The Balaban J connectivity index is 1.63. The molecule has 0 saturated heterocycles. The minimum atomic E-state index is -0.0747. The fourth-order valence-corrected chi connectivity index (χ4v) is 4.64. The van der Waals surface area contributed by atoms with Crippen molar-refractivity contribution in [2.24, 2.45) is 0 Å². The summed E-state index contributed by atoms with van der Waals surface area (Å²) >= 11 is 1.52. The van der Waals surface area contributed by atoms with Gasteiger partial charge in [0.25, 0.3) is 5.56 Å². The fraction of sp³-hybridized carbons (Fsp3) is 0.261. The highest BCUT2D eigenvalue weighted by atomic mass is 32.1. The zero-order valence-electron chi connectivity index (χ0n) is 16.2. The van der Waals surface area contributed by atoms with Gasteiger partial charge in [-0.25, -0.2) is 4.98 Å². The van der Waals surface area contributed by atoms with Crippen LogP contribution in [-0.4, -0.2) is 9.97 Å². The summed E-state index contributed by atoms with van der Waals surface area (Å²) < 4.78 is 2.06. The Bertz CT molecular complexity index is 1130. The van der Waals surface area contributed by atoms with Gasteiger partial charge in [0.15, 0.2) is 18.2 Å². The second kappa shape index (κ2) is 8.07. The summed E-state index contributed by atoms with van der Waals surface area (Å²) in [4.78, 5) is 21.2. The highest BCUT2D eigenvalue weighted by Gasteiger charge is 2.15. The standard InChI is InChI=1S/C23H23N3OS/c1-3-16(4-2)17-10-12-26(13-11-17)14-20-24-22(27)21-19(15-28-23(21)25-20)18-8-6-5-7-9-18/h5-13,15-16H,3-4,14H2,1-2H3/p+1. The maximum Gasteiger partial charge on any atom is 0.260 e. The van der Waals surface area contributed by atoms with E-state index in [2.05, 4.69) is 47.9 Å². The number of aromatic amines is 1. The van der Waals surface area contributed by atoms with E-state index in [1.54, 1.807) is 0 Å². The lowest BCUT2D eigenvalue weighted by Gasteiger charge is -2.11. The molecule has 0 saturated carbocycles. The molecule has 5 heteroatoms. The molecule has 0 spiro atoms. The molecule has 0 aliphatic heterocycles. The minimum Gasteiger partial charge on any atom is -0.305 e. The van der Waals surface area contributed by atoms with Crippen molar-refractivity contribution in [1.29, 1.82) is 0 Å². The van der Waals surface area contributed by atoms with Gasteiger partial charge in [-0.15, -0.1) is 11.3 Å². The predicted octanol–water partition coefficient (Wildman–Crippen LogP) is 4.89. The molecule has 28 heavy (non-hydrogen) atoms. The van der Waals surface area contributed by atoms with Gasteiger partial charge in [0.05, 0.1) is 5.39 Å². The zero-order chi connectivity index (χ0) is 19.5. The summed E-state index contributed by atoms with van der Waals surface area (Å²) in [5, 5.41) is 2.69. The summed E-state index contributed by atoms with van der Waals surface area (Å²) in [5.41, 5.74) is 3.28. The molecule has 0 amide bonds. The maximum absolute atomic E-state index is 12.8. The van der Waals surface area contributed by atoms with E-state index in [0.29, 0.717) is 23.7 Å². The van der Waals surface area contributed by atoms with Gasteiger partial charge in [-0.2, -0.15) is 4.57 Å². The minimum absolute atomic E-state index is 0.0747. The number of hydrogen-bond acceptors (Lipinski definition) is 3. The Labute approximate surface area is 168 Å². The van der Waals surface area contributed by atoms with Crippen molar-refractivity contribution in [2.45, 2.75) is 39.2 Å². The number of thiophene rings is 1. The second-order valence-electron chi connectivity index (χ2n) is 7.03. The van der Waals surface area contributed by atoms with Crippen LogP contribution in [0.4, 0.5) is 0 Å². The van der Waals surface area contributed by atoms with Gasteiger partial charge >= 0.3 is 0 Å². The van der Waals surface area contributed by atoms with Crippen molar-refractivity contribution < 1.29 is 4.57 Å². The highest BCUT2D eigenvalue weighted by Crippen LogP contribution is 2.30. The summed E-state index contributed by atoms with van der Waals surface area (Å²) in [5.74, 6) is 1.28. The lowest BCUT2D eigenvalue weighted by molar-refractivity contribution is -0.689. The molecule has 0 aliphatic carbocycles. The molecule has 1 N–H and O–H groups in total. The molecular formula is C23H24N3OS+. The number of H-pyrrole nitrogens is 1. The first kappa shape index (κ1) is 18.6. The molecule has 4 nitrogen and oxygen atoms in total. The van der Waals surface area contributed by atoms with Crippen molar-refractivity contribution in [3.63, 3.8) is 0 Å². The number of aromatic nitrogens is 3. The zero-order valence-corrected chi connectivity index (χ0v) is 17.0. The third-order valence-electron chi connectivity index (χ3n) is 5.28. The Morgan fingerprint density at radius 3 is 2.46 bits per heavy atom. The van der Waals surface area contributed by atoms with Crippen LogP contribution in [0, 0.1) is 0 Å². The van der Waals surface area contributed by atoms with Crippen LogP contribution in [0.1, 0.15) is 44.0 Å². The van der Waals surface area contributed by atoms with Gasteiger partial charge < -0.3 is 4.98 Å². The molecule has 0 bridgehead atoms. The molecule has 0 unspecified atom stereocenters. The molecule has 1 aromatic carbocycles. The van der Waals surface area contributed by atoms with E-state index in [1.807, 2.05) is 35.7 Å². The molecule has 0 radical (unpaired) electrons. The Morgan fingerprint density at radius 2 is 1.79 bits per heavy atom. The van der Waals surface area contributed by atoms with Gasteiger partial charge in [-0.3, -0.25) is 4.79 Å². The fourth-order valence-electron chi connectivity index (χ4n) is 3.68. The van der Waals surface area contributed by atoms with Crippen LogP contribution in [0.25, 0.3) is 21.3 Å². The largest absolute Gasteiger partial charge is 0.305 e. The molecule has 4 rings (SSSR count). The van der Waals surface area contributed by atoms with E-state index in [0.717, 1.165) is 28.8 Å². The number of pyridine rings is 1. The average Bonchev–Trinajstić information content (AvgIpc) is 3.15. The monoisotopic (exact) mass is 390 g/mol. The van der Waals surface area contributed by atoms with Crippen molar-refractivity contribution in [1.82, 2.24) is 9.97 Å². The Kier molecular flexibility index (Phi) is 5.35. The molecule has 4 aromatic rings. The topological polar surface area (TPSA) is 49.6 Å². The SMILES string of the molecule is CCC(CC)c1cc[n+](Cc2nc3scc(-c4ccccc4)c3c(=O)[nH]2)cc1. The van der Waals surface area contributed by atoms with Gasteiger partial charge in [0, 0.05) is 23.1 Å². The van der Waals surface area contributed by atoms with E-state index >= 15 is 0 Å². The highest BCUT2D eigenvalue weighted by molar-refractivity contribution is 7.17. The Morgan fingerprint density at radius 1 is 1.07 bits per heavy atom. The van der Waals surface area contributed by atoms with E-state index in [4.69, 9.17) is 4.98 Å². The van der Waals surface area contributed by atoms with Gasteiger partial charge in [0.1, 0.15) is 4.83 Å². The maximum atomic E-state index is 12.8. The number of benzene rings is 1. The van der Waals surface area contributed by atoms with E-state index in [1.165, 1.54) is 16.9 Å². The van der Waals surface area contributed by atoms with Crippen molar-refractivity contribution in [3.8, 4) is 11.1 Å². The number of fused-ring (bicyclic) bond motifs is 1. The smallest absolute Gasteiger partial charge is 0.260 e. The first-order valence-electron chi connectivity index (χ1n) is 9.74. The average molecular weight is 391 g/mol. The number of nitrogens with one attached hydrogen (secondary N) is 1. The van der Waals surface area contributed by atoms with Crippen molar-refractivity contribution in [3.05, 3.63) is 82.0 Å². The van der Waals surface area contributed by atoms with Crippen LogP contribution in [0.5, 0.6) is 0 Å². The quantitative estimate of drug-likeness (QED) is 0.477. The van der Waals surface area contributed by atoms with E-state index in [-0.39, 0.29) is 5.56 Å². The molecule has 0 fully saturated rings. The molecule has 0 atom stereocenters. The third kappa shape index (κ3) is 3.62. The molecular weight excluding hydrogens is 366 g/mol. The molecule has 3 heterocycles. The van der Waals surface area contributed by atoms with Crippen LogP contribution in [0.3, 0.4) is 0 Å². The van der Waals surface area contributed by atoms with Crippen LogP contribution in [-0.2, 0) is 6.54 Å². The second-order valence-corrected chi connectivity index (χ2v) is 7.88. The first-order chi connectivity index (χ1) is 13.7. The summed E-state index contributed by atoms with van der Waals surface area (Å²) in [6.45, 7) is 5.00. The Hall–Kier alpha value is -2.79. The van der Waals surface area contributed by atoms with Crippen LogP contribution in [0.2, 0.25) is 0 Å². The summed E-state index contributed by atoms with van der Waals surface area (Å²) in [7, 11) is 0. The lowest BCUT2D eigenvalue weighted by Crippen LogP contribution is -2.35. The lowest BCUT2D eigenvalue weighted by atomic mass is 9.95. The normalized spacial score (nSPS) is 11.4. The molecule has 0 aliphatic rings. The molecule has 142 valence electrons. The van der Waals surface area contributed by atoms with E-state index < -0.39 is 0 Å². The predicted molar refractivity (Wildman–Crippen MR) is 115 cm³/mol. The number of hydrogen-bond donors (Lipinski definition) is 1. The van der Waals surface area contributed by atoms with Crippen LogP contribution in [0.15, 0.2) is 65.0 Å². The molecule has 3 aromatic heterocycles. The summed E-state index contributed by atoms with van der Waals surface area (Å²) in [6.07, 6.45) is 6.44. The van der Waals surface area contributed by atoms with Crippen LogP contribution >= 0.6 is 11.3 Å². The first-order valence-corrected chi connectivity index (χ1v) is 10.6.